The molecule has 11 heteroatoms. The Hall–Kier alpha value is -2.85. The fourth-order valence-corrected chi connectivity index (χ4v) is 2.49. The summed E-state index contributed by atoms with van der Waals surface area (Å²) in [5.41, 5.74) is -1.83. The van der Waals surface area contributed by atoms with Gasteiger partial charge in [-0.3, -0.25) is 19.4 Å². The molecule has 1 unspecified atom stereocenters. The van der Waals surface area contributed by atoms with Gasteiger partial charge >= 0.3 is 18.1 Å². The quantitative estimate of drug-likeness (QED) is 0.789. The zero-order valence-corrected chi connectivity index (χ0v) is 13.1. The van der Waals surface area contributed by atoms with Crippen molar-refractivity contribution in [2.75, 3.05) is 20.3 Å². The maximum atomic E-state index is 12.8. The third-order valence-electron chi connectivity index (χ3n) is 3.47. The smallest absolute Gasteiger partial charge is 0.471 e. The number of fused-ring (bicyclic) bond motifs is 1. The van der Waals surface area contributed by atoms with Gasteiger partial charge in [0.1, 0.15) is 0 Å². The monoisotopic (exact) mass is 362 g/mol. The molecule has 0 aliphatic carbocycles. The molecule has 1 atom stereocenters. The minimum atomic E-state index is -5.31. The van der Waals surface area contributed by atoms with Crippen molar-refractivity contribution in [2.24, 2.45) is 0 Å². The molecule has 8 nitrogen and oxygen atoms in total. The zero-order chi connectivity index (χ0) is 18.9. The van der Waals surface area contributed by atoms with Crippen LogP contribution in [0.4, 0.5) is 13.2 Å². The Labute approximate surface area is 138 Å². The molecule has 0 saturated heterocycles. The number of aromatic amines is 1. The van der Waals surface area contributed by atoms with Crippen molar-refractivity contribution in [1.82, 2.24) is 9.88 Å². The number of nitrogens with one attached hydrogen (secondary N) is 1. The van der Waals surface area contributed by atoms with Crippen molar-refractivity contribution in [3.8, 4) is 5.88 Å². The zero-order valence-electron chi connectivity index (χ0n) is 13.1. The number of aromatic nitrogens is 1. The van der Waals surface area contributed by atoms with Crippen LogP contribution >= 0.6 is 0 Å². The largest absolute Gasteiger partial charge is 0.482 e. The molecule has 1 aromatic heterocycles. The fourth-order valence-electron chi connectivity index (χ4n) is 2.49. The van der Waals surface area contributed by atoms with E-state index in [2.05, 4.69) is 4.98 Å². The maximum Gasteiger partial charge on any atom is 0.471 e. The lowest BCUT2D eigenvalue weighted by atomic mass is 9.92. The van der Waals surface area contributed by atoms with Gasteiger partial charge in [0, 0.05) is 11.6 Å². The summed E-state index contributed by atoms with van der Waals surface area (Å²) in [6.07, 6.45) is -5.31. The van der Waals surface area contributed by atoms with Gasteiger partial charge in [-0.2, -0.15) is 13.2 Å². The number of hydrogen-bond donors (Lipinski definition) is 1. The SMILES string of the molecule is CCOC(=O)C1c2cc(OC)[nH]c(=O)c2C(=O)CN1C(=O)C(F)(F)F. The number of pyridine rings is 1. The van der Waals surface area contributed by atoms with Crippen molar-refractivity contribution in [2.45, 2.75) is 19.1 Å². The summed E-state index contributed by atoms with van der Waals surface area (Å²) < 4.78 is 48.0. The highest BCUT2D eigenvalue weighted by atomic mass is 19.4. The Bertz CT molecular complexity index is 786. The molecule has 1 amide bonds. The van der Waals surface area contributed by atoms with Gasteiger partial charge in [-0.25, -0.2) is 4.79 Å². The summed E-state index contributed by atoms with van der Waals surface area (Å²) in [5, 5.41) is 0. The van der Waals surface area contributed by atoms with E-state index in [9.17, 15) is 32.3 Å². The number of ether oxygens (including phenoxy) is 2. The molecule has 0 radical (unpaired) electrons. The highest BCUT2D eigenvalue weighted by Crippen LogP contribution is 2.34. The van der Waals surface area contributed by atoms with Crippen LogP contribution in [0.15, 0.2) is 10.9 Å². The third kappa shape index (κ3) is 3.35. The van der Waals surface area contributed by atoms with Gasteiger partial charge in [0.25, 0.3) is 5.56 Å². The molecule has 0 bridgehead atoms. The van der Waals surface area contributed by atoms with Gasteiger partial charge < -0.3 is 14.4 Å². The Balaban J connectivity index is 2.69. The van der Waals surface area contributed by atoms with Crippen molar-refractivity contribution in [1.29, 1.82) is 0 Å². The Morgan fingerprint density at radius 2 is 2.00 bits per heavy atom. The highest BCUT2D eigenvalue weighted by molar-refractivity contribution is 6.05. The molecule has 1 N–H and O–H groups in total. The molecule has 2 heterocycles. The van der Waals surface area contributed by atoms with Gasteiger partial charge in [-0.05, 0) is 6.92 Å². The lowest BCUT2D eigenvalue weighted by molar-refractivity contribution is -0.190. The normalized spacial score (nSPS) is 17.1. The van der Waals surface area contributed by atoms with E-state index in [1.807, 2.05) is 0 Å². The molecule has 0 spiro atoms. The molecule has 1 aromatic rings. The molecule has 0 saturated carbocycles. The molecule has 2 rings (SSSR count). The van der Waals surface area contributed by atoms with Crippen LogP contribution in [0.5, 0.6) is 5.88 Å². The summed E-state index contributed by atoms with van der Waals surface area (Å²) in [6.45, 7) is 0.165. The first-order valence-electron chi connectivity index (χ1n) is 7.00. The number of H-pyrrole nitrogens is 1. The molecule has 25 heavy (non-hydrogen) atoms. The summed E-state index contributed by atoms with van der Waals surface area (Å²) in [7, 11) is 1.17. The number of carbonyl (C=O) groups excluding carboxylic acids is 3. The van der Waals surface area contributed by atoms with Crippen LogP contribution in [0, 0.1) is 0 Å². The highest BCUT2D eigenvalue weighted by Gasteiger charge is 2.50. The number of amides is 1. The Kier molecular flexibility index (Phi) is 4.86. The van der Waals surface area contributed by atoms with Crippen LogP contribution in [-0.2, 0) is 14.3 Å². The summed E-state index contributed by atoms with van der Waals surface area (Å²) in [5.74, 6) is -4.80. The number of ketones is 1. The van der Waals surface area contributed by atoms with Crippen molar-refractivity contribution in [3.63, 3.8) is 0 Å². The van der Waals surface area contributed by atoms with Crippen LogP contribution in [0.3, 0.4) is 0 Å². The molecule has 0 fully saturated rings. The Morgan fingerprint density at radius 1 is 1.36 bits per heavy atom. The summed E-state index contributed by atoms with van der Waals surface area (Å²) >= 11 is 0. The first-order valence-corrected chi connectivity index (χ1v) is 7.00. The first-order chi connectivity index (χ1) is 11.6. The van der Waals surface area contributed by atoms with E-state index in [4.69, 9.17) is 9.47 Å². The van der Waals surface area contributed by atoms with Crippen molar-refractivity contribution in [3.05, 3.63) is 27.5 Å². The van der Waals surface area contributed by atoms with E-state index in [-0.39, 0.29) is 23.0 Å². The average Bonchev–Trinajstić information content (AvgIpc) is 2.52. The standard InChI is InChI=1S/C14H13F3N2O6/c1-3-25-12(22)10-6-4-8(24-2)18-11(21)9(6)7(20)5-19(10)13(23)14(15,16)17/h4,10H,3,5H2,1-2H3,(H,18,21). The second kappa shape index (κ2) is 6.57. The molecular weight excluding hydrogens is 349 g/mol. The molecule has 1 aliphatic rings. The van der Waals surface area contributed by atoms with E-state index in [1.165, 1.54) is 14.0 Å². The number of carbonyl (C=O) groups is 3. The van der Waals surface area contributed by atoms with Crippen LogP contribution in [0.25, 0.3) is 0 Å². The summed E-state index contributed by atoms with van der Waals surface area (Å²) in [6, 6.07) is -0.871. The van der Waals surface area contributed by atoms with Gasteiger partial charge in [0.2, 0.25) is 0 Å². The van der Waals surface area contributed by atoms with E-state index >= 15 is 0 Å². The predicted octanol–water partition coefficient (Wildman–Crippen LogP) is 0.575. The number of alkyl halides is 3. The first kappa shape index (κ1) is 18.5. The second-order valence-electron chi connectivity index (χ2n) is 5.01. The molecular formula is C14H13F3N2O6. The number of halogens is 3. The van der Waals surface area contributed by atoms with Gasteiger partial charge in [-0.1, -0.05) is 0 Å². The minimum absolute atomic E-state index is 0.0432. The minimum Gasteiger partial charge on any atom is -0.482 e. The van der Waals surface area contributed by atoms with Crippen LogP contribution < -0.4 is 10.3 Å². The van der Waals surface area contributed by atoms with Crippen molar-refractivity contribution < 1.29 is 37.0 Å². The van der Waals surface area contributed by atoms with Crippen LogP contribution in [-0.4, -0.2) is 54.0 Å². The molecule has 136 valence electrons. The lowest BCUT2D eigenvalue weighted by Gasteiger charge is -2.34. The number of esters is 1. The number of methoxy groups -OCH3 is 1. The Morgan fingerprint density at radius 3 is 2.52 bits per heavy atom. The van der Waals surface area contributed by atoms with Gasteiger partial charge in [0.15, 0.2) is 17.7 Å². The van der Waals surface area contributed by atoms with Crippen molar-refractivity contribution >= 4 is 17.7 Å². The summed E-state index contributed by atoms with van der Waals surface area (Å²) in [4.78, 5) is 50.2. The van der Waals surface area contributed by atoms with Gasteiger partial charge in [0.05, 0.1) is 25.8 Å². The van der Waals surface area contributed by atoms with Gasteiger partial charge in [-0.15, -0.1) is 0 Å². The number of rotatable bonds is 3. The second-order valence-corrected chi connectivity index (χ2v) is 5.01. The van der Waals surface area contributed by atoms with E-state index in [0.717, 1.165) is 6.07 Å². The molecule has 1 aliphatic heterocycles. The van der Waals surface area contributed by atoms with Crippen LogP contribution in [0.1, 0.15) is 28.9 Å². The van der Waals surface area contributed by atoms with E-state index < -0.39 is 47.5 Å². The molecule has 0 aromatic carbocycles. The van der Waals surface area contributed by atoms with E-state index in [1.54, 1.807) is 0 Å². The van der Waals surface area contributed by atoms with Crippen LogP contribution in [0.2, 0.25) is 0 Å². The lowest BCUT2D eigenvalue weighted by Crippen LogP contribution is -2.52. The fraction of sp³-hybridized carbons (Fsp3) is 0.429. The maximum absolute atomic E-state index is 12.8. The third-order valence-corrected chi connectivity index (χ3v) is 3.47. The topological polar surface area (TPSA) is 106 Å². The average molecular weight is 362 g/mol. The van der Waals surface area contributed by atoms with E-state index in [0.29, 0.717) is 0 Å². The number of nitrogens with zero attached hydrogens (tertiary/aromatic N) is 1. The predicted molar refractivity (Wildman–Crippen MR) is 75.1 cm³/mol. The number of hydrogen-bond acceptors (Lipinski definition) is 6. The number of Topliss-reactive ketones (excluding diaryl/α,β-unsaturated/α-hetero) is 1.